The Balaban J connectivity index is 1.76. The Morgan fingerprint density at radius 1 is 1.23 bits per heavy atom. The van der Waals surface area contributed by atoms with E-state index in [-0.39, 0.29) is 23.5 Å². The number of fused-ring (bicyclic) bond motifs is 2. The van der Waals surface area contributed by atoms with Crippen LogP contribution >= 0.6 is 0 Å². The maximum Gasteiger partial charge on any atom is 0.417 e. The zero-order valence-electron chi connectivity index (χ0n) is 16.2. The zero-order chi connectivity index (χ0) is 21.8. The molecular formula is C19H17F3N4O4. The molecular weight excluding hydrogens is 405 g/mol. The van der Waals surface area contributed by atoms with E-state index in [0.717, 1.165) is 4.57 Å². The quantitative estimate of drug-likeness (QED) is 0.701. The molecule has 4 rings (SSSR count). The Kier molecular flexibility index (Phi) is 4.48. The van der Waals surface area contributed by atoms with Crippen molar-refractivity contribution in [2.45, 2.75) is 26.1 Å². The summed E-state index contributed by atoms with van der Waals surface area (Å²) in [7, 11) is 1.42. The number of rotatable bonds is 3. The summed E-state index contributed by atoms with van der Waals surface area (Å²) in [5, 5.41) is 6.46. The minimum absolute atomic E-state index is 0.0713. The fraction of sp³-hybridized carbons (Fsp3) is 0.316. The van der Waals surface area contributed by atoms with Gasteiger partial charge in [-0.1, -0.05) is 0 Å². The molecule has 1 aliphatic rings. The van der Waals surface area contributed by atoms with Crippen molar-refractivity contribution in [2.24, 2.45) is 7.05 Å². The number of aryl methyl sites for hydroxylation is 2. The van der Waals surface area contributed by atoms with Crippen molar-refractivity contribution in [1.29, 1.82) is 0 Å². The van der Waals surface area contributed by atoms with Gasteiger partial charge in [-0.25, -0.2) is 0 Å². The van der Waals surface area contributed by atoms with Crippen LogP contribution in [0.5, 0.6) is 11.5 Å². The Hall–Kier alpha value is -3.50. The summed E-state index contributed by atoms with van der Waals surface area (Å²) in [6.45, 7) is 2.92. The van der Waals surface area contributed by atoms with E-state index >= 15 is 0 Å². The van der Waals surface area contributed by atoms with Crippen LogP contribution in [0.15, 0.2) is 29.1 Å². The molecule has 1 aromatic carbocycles. The van der Waals surface area contributed by atoms with Crippen molar-refractivity contribution >= 4 is 22.6 Å². The van der Waals surface area contributed by atoms with Crippen molar-refractivity contribution < 1.29 is 27.4 Å². The van der Waals surface area contributed by atoms with Crippen LogP contribution in [-0.4, -0.2) is 27.0 Å². The van der Waals surface area contributed by atoms with Gasteiger partial charge in [0.2, 0.25) is 12.7 Å². The molecule has 158 valence electrons. The molecule has 2 aromatic heterocycles. The summed E-state index contributed by atoms with van der Waals surface area (Å²) in [4.78, 5) is 25.4. The van der Waals surface area contributed by atoms with Crippen LogP contribution in [0, 0.1) is 6.92 Å². The highest BCUT2D eigenvalue weighted by molar-refractivity contribution is 5.95. The molecule has 3 heterocycles. The molecule has 8 nitrogen and oxygen atoms in total. The predicted molar refractivity (Wildman–Crippen MR) is 101 cm³/mol. The maximum atomic E-state index is 13.5. The van der Waals surface area contributed by atoms with Gasteiger partial charge in [0.15, 0.2) is 11.5 Å². The number of nitrogens with one attached hydrogen (secondary N) is 1. The third-order valence-corrected chi connectivity index (χ3v) is 4.91. The number of aromatic nitrogens is 3. The lowest BCUT2D eigenvalue weighted by Gasteiger charge is -2.19. The second-order valence-corrected chi connectivity index (χ2v) is 6.90. The third kappa shape index (κ3) is 3.15. The van der Waals surface area contributed by atoms with Crippen LogP contribution < -0.4 is 20.3 Å². The van der Waals surface area contributed by atoms with Crippen LogP contribution in [0.25, 0.3) is 11.0 Å². The highest BCUT2D eigenvalue weighted by Crippen LogP contribution is 2.36. The van der Waals surface area contributed by atoms with Crippen LogP contribution in [0.4, 0.5) is 18.9 Å². The van der Waals surface area contributed by atoms with Crippen molar-refractivity contribution in [3.8, 4) is 11.5 Å². The summed E-state index contributed by atoms with van der Waals surface area (Å²) in [5.41, 5.74) is -1.61. The summed E-state index contributed by atoms with van der Waals surface area (Å²) >= 11 is 0. The highest BCUT2D eigenvalue weighted by Gasteiger charge is 2.37. The Morgan fingerprint density at radius 2 is 1.93 bits per heavy atom. The van der Waals surface area contributed by atoms with E-state index in [4.69, 9.17) is 9.47 Å². The largest absolute Gasteiger partial charge is 0.454 e. The number of hydrogen-bond donors (Lipinski definition) is 1. The molecule has 0 saturated heterocycles. The Labute approximate surface area is 167 Å². The molecule has 0 fully saturated rings. The van der Waals surface area contributed by atoms with Gasteiger partial charge >= 0.3 is 6.18 Å². The number of carbonyl (C=O) groups excluding carboxylic acids is 1. The van der Waals surface area contributed by atoms with E-state index in [0.29, 0.717) is 23.3 Å². The molecule has 0 saturated carbocycles. The lowest BCUT2D eigenvalue weighted by molar-refractivity contribution is -0.136. The van der Waals surface area contributed by atoms with Gasteiger partial charge in [0, 0.05) is 24.9 Å². The molecule has 1 unspecified atom stereocenters. The topological polar surface area (TPSA) is 87.4 Å². The first-order chi connectivity index (χ1) is 14.1. The SMILES string of the molecule is Cc1nn(C)c2c1c(C(F)(F)F)cc(=O)n2C(C)C(=O)Nc1ccc2c(c1)OCO2. The molecule has 0 spiro atoms. The average Bonchev–Trinajstić information content (AvgIpc) is 3.24. The van der Waals surface area contributed by atoms with Crippen molar-refractivity contribution in [2.75, 3.05) is 12.1 Å². The smallest absolute Gasteiger partial charge is 0.417 e. The normalized spacial score (nSPS) is 14.2. The van der Waals surface area contributed by atoms with Gasteiger partial charge in [-0.05, 0) is 26.0 Å². The zero-order valence-corrected chi connectivity index (χ0v) is 16.2. The summed E-state index contributed by atoms with van der Waals surface area (Å²) in [6, 6.07) is 4.17. The number of hydrogen-bond acceptors (Lipinski definition) is 5. The number of halogens is 3. The van der Waals surface area contributed by atoms with E-state index in [1.165, 1.54) is 25.6 Å². The van der Waals surface area contributed by atoms with E-state index in [2.05, 4.69) is 10.4 Å². The molecule has 1 aliphatic heterocycles. The van der Waals surface area contributed by atoms with Gasteiger partial charge in [-0.3, -0.25) is 18.8 Å². The first kappa shape index (κ1) is 19.8. The second kappa shape index (κ2) is 6.78. The number of pyridine rings is 1. The van der Waals surface area contributed by atoms with Gasteiger partial charge in [0.1, 0.15) is 11.7 Å². The van der Waals surface area contributed by atoms with Gasteiger partial charge in [0.05, 0.1) is 16.6 Å². The lowest BCUT2D eigenvalue weighted by atomic mass is 10.1. The van der Waals surface area contributed by atoms with Crippen LogP contribution in [0.1, 0.15) is 24.2 Å². The highest BCUT2D eigenvalue weighted by atomic mass is 19.4. The molecule has 1 atom stereocenters. The van der Waals surface area contributed by atoms with E-state index < -0.39 is 29.2 Å². The van der Waals surface area contributed by atoms with Crippen molar-refractivity contribution in [1.82, 2.24) is 14.3 Å². The van der Waals surface area contributed by atoms with Crippen LogP contribution in [0.3, 0.4) is 0 Å². The van der Waals surface area contributed by atoms with Gasteiger partial charge < -0.3 is 14.8 Å². The predicted octanol–water partition coefficient (Wildman–Crippen LogP) is 2.99. The molecule has 0 aliphatic carbocycles. The number of alkyl halides is 3. The monoisotopic (exact) mass is 422 g/mol. The maximum absolute atomic E-state index is 13.5. The van der Waals surface area contributed by atoms with Crippen molar-refractivity contribution in [3.63, 3.8) is 0 Å². The fourth-order valence-electron chi connectivity index (χ4n) is 3.54. The summed E-state index contributed by atoms with van der Waals surface area (Å²) in [5.74, 6) is 0.403. The summed E-state index contributed by atoms with van der Waals surface area (Å²) < 4.78 is 53.1. The molecule has 3 aromatic rings. The molecule has 0 radical (unpaired) electrons. The third-order valence-electron chi connectivity index (χ3n) is 4.91. The molecule has 1 N–H and O–H groups in total. The molecule has 1 amide bonds. The number of amides is 1. The van der Waals surface area contributed by atoms with Crippen molar-refractivity contribution in [3.05, 3.63) is 45.9 Å². The standard InChI is InChI=1S/C19H17F3N4O4/c1-9-16-12(19(20,21)22)7-15(27)26(18(16)25(3)24-9)10(2)17(28)23-11-4-5-13-14(6-11)30-8-29-13/h4-7,10H,8H2,1-3H3,(H,23,28). The van der Waals surface area contributed by atoms with E-state index in [1.54, 1.807) is 18.2 Å². The Bertz CT molecular complexity index is 1230. The number of nitrogens with zero attached hydrogens (tertiary/aromatic N) is 3. The second-order valence-electron chi connectivity index (χ2n) is 6.90. The number of carbonyl (C=O) groups is 1. The molecule has 30 heavy (non-hydrogen) atoms. The van der Waals surface area contributed by atoms with Gasteiger partial charge in [-0.15, -0.1) is 0 Å². The number of benzene rings is 1. The Morgan fingerprint density at radius 3 is 2.63 bits per heavy atom. The first-order valence-corrected chi connectivity index (χ1v) is 8.94. The number of anilines is 1. The fourth-order valence-corrected chi connectivity index (χ4v) is 3.54. The molecule has 11 heteroatoms. The number of ether oxygens (including phenoxy) is 2. The lowest BCUT2D eigenvalue weighted by Crippen LogP contribution is -2.33. The van der Waals surface area contributed by atoms with Crippen LogP contribution in [-0.2, 0) is 18.0 Å². The van der Waals surface area contributed by atoms with Gasteiger partial charge in [-0.2, -0.15) is 18.3 Å². The van der Waals surface area contributed by atoms with E-state index in [9.17, 15) is 22.8 Å². The average molecular weight is 422 g/mol. The summed E-state index contributed by atoms with van der Waals surface area (Å²) in [6.07, 6.45) is -4.73. The minimum atomic E-state index is -4.73. The minimum Gasteiger partial charge on any atom is -0.454 e. The molecule has 0 bridgehead atoms. The first-order valence-electron chi connectivity index (χ1n) is 8.94. The van der Waals surface area contributed by atoms with Crippen LogP contribution in [0.2, 0.25) is 0 Å². The van der Waals surface area contributed by atoms with E-state index in [1.807, 2.05) is 0 Å². The van der Waals surface area contributed by atoms with Gasteiger partial charge in [0.25, 0.3) is 5.56 Å².